The van der Waals surface area contributed by atoms with Gasteiger partial charge >= 0.3 is 11.9 Å². The van der Waals surface area contributed by atoms with Crippen molar-refractivity contribution < 1.29 is 24.6 Å². The molecule has 7 nitrogen and oxygen atoms in total. The summed E-state index contributed by atoms with van der Waals surface area (Å²) in [7, 11) is 0. The Morgan fingerprint density at radius 3 is 1.74 bits per heavy atom. The van der Waals surface area contributed by atoms with Gasteiger partial charge in [0.25, 0.3) is 0 Å². The Balaban J connectivity index is 0.000000501. The summed E-state index contributed by atoms with van der Waals surface area (Å²) in [6, 6.07) is 28.3. The predicted molar refractivity (Wildman–Crippen MR) is 119 cm³/mol. The third kappa shape index (κ3) is 8.12. The van der Waals surface area contributed by atoms with Crippen LogP contribution in [0.3, 0.4) is 0 Å². The molecule has 4 N–H and O–H groups in total. The molecule has 0 aromatic heterocycles. The van der Waals surface area contributed by atoms with Gasteiger partial charge in [0.2, 0.25) is 5.91 Å². The number of carbonyl (C=O) groups excluding carboxylic acids is 1. The van der Waals surface area contributed by atoms with Gasteiger partial charge in [0.05, 0.1) is 6.54 Å². The van der Waals surface area contributed by atoms with Crippen LogP contribution in [0.4, 0.5) is 5.69 Å². The maximum atomic E-state index is 12.1. The second-order valence-corrected chi connectivity index (χ2v) is 6.62. The molecule has 1 amide bonds. The number of hydrogen-bond donors (Lipinski definition) is 4. The summed E-state index contributed by atoms with van der Waals surface area (Å²) in [6.07, 6.45) is 0. The maximum absolute atomic E-state index is 12.1. The molecule has 0 saturated carbocycles. The Hall–Kier alpha value is -3.97. The van der Waals surface area contributed by atoms with E-state index in [0.29, 0.717) is 0 Å². The average Bonchev–Trinajstić information content (AvgIpc) is 2.79. The number of benzene rings is 3. The first-order valence-corrected chi connectivity index (χ1v) is 9.56. The van der Waals surface area contributed by atoms with Crippen molar-refractivity contribution in [2.75, 3.05) is 11.9 Å². The van der Waals surface area contributed by atoms with E-state index in [1.165, 1.54) is 11.1 Å². The van der Waals surface area contributed by atoms with Crippen molar-refractivity contribution in [1.29, 1.82) is 0 Å². The Morgan fingerprint density at radius 1 is 0.742 bits per heavy atom. The largest absolute Gasteiger partial charge is 0.473 e. The molecule has 0 spiro atoms. The lowest BCUT2D eigenvalue weighted by Crippen LogP contribution is -2.30. The summed E-state index contributed by atoms with van der Waals surface area (Å²) < 4.78 is 0. The van der Waals surface area contributed by atoms with Gasteiger partial charge in [-0.2, -0.15) is 0 Å². The summed E-state index contributed by atoms with van der Waals surface area (Å²) in [5.74, 6) is -3.69. The SMILES string of the molecule is CC(NCC(=O)Nc1ccc(-c2ccccc2)cc1)c1ccccc1.O=C(O)C(=O)O. The van der Waals surface area contributed by atoms with Crippen molar-refractivity contribution in [2.45, 2.75) is 13.0 Å². The van der Waals surface area contributed by atoms with E-state index < -0.39 is 11.9 Å². The number of carbonyl (C=O) groups is 3. The number of carboxylic acids is 2. The lowest BCUT2D eigenvalue weighted by Gasteiger charge is -2.14. The molecule has 0 aliphatic carbocycles. The lowest BCUT2D eigenvalue weighted by molar-refractivity contribution is -0.159. The van der Waals surface area contributed by atoms with Crippen molar-refractivity contribution in [3.63, 3.8) is 0 Å². The molecule has 0 radical (unpaired) electrons. The summed E-state index contributed by atoms with van der Waals surface area (Å²) >= 11 is 0. The van der Waals surface area contributed by atoms with E-state index in [1.54, 1.807) is 0 Å². The molecule has 1 unspecified atom stereocenters. The van der Waals surface area contributed by atoms with Crippen LogP contribution in [0.1, 0.15) is 18.5 Å². The van der Waals surface area contributed by atoms with E-state index in [-0.39, 0.29) is 18.5 Å². The van der Waals surface area contributed by atoms with Crippen molar-refractivity contribution in [3.05, 3.63) is 90.5 Å². The van der Waals surface area contributed by atoms with Crippen LogP contribution in [0.15, 0.2) is 84.9 Å². The molecule has 3 aromatic rings. The Morgan fingerprint density at radius 2 is 1.23 bits per heavy atom. The minimum atomic E-state index is -1.82. The van der Waals surface area contributed by atoms with Gasteiger partial charge in [0, 0.05) is 11.7 Å². The van der Waals surface area contributed by atoms with Crippen LogP contribution < -0.4 is 10.6 Å². The molecule has 3 rings (SSSR count). The van der Waals surface area contributed by atoms with Gasteiger partial charge < -0.3 is 20.8 Å². The van der Waals surface area contributed by atoms with E-state index in [1.807, 2.05) is 60.7 Å². The first-order chi connectivity index (χ1) is 14.9. The van der Waals surface area contributed by atoms with Crippen LogP contribution in [-0.4, -0.2) is 34.6 Å². The number of anilines is 1. The van der Waals surface area contributed by atoms with Gasteiger partial charge in [-0.1, -0.05) is 72.8 Å². The van der Waals surface area contributed by atoms with Gasteiger partial charge in [-0.3, -0.25) is 4.79 Å². The van der Waals surface area contributed by atoms with E-state index in [4.69, 9.17) is 19.8 Å². The molecule has 0 aliphatic rings. The van der Waals surface area contributed by atoms with Crippen molar-refractivity contribution in [2.24, 2.45) is 0 Å². The third-order valence-corrected chi connectivity index (χ3v) is 4.33. The minimum absolute atomic E-state index is 0.0461. The summed E-state index contributed by atoms with van der Waals surface area (Å²) in [6.45, 7) is 2.33. The maximum Gasteiger partial charge on any atom is 0.414 e. The quantitative estimate of drug-likeness (QED) is 0.451. The molecule has 3 aromatic carbocycles. The third-order valence-electron chi connectivity index (χ3n) is 4.33. The minimum Gasteiger partial charge on any atom is -0.473 e. The number of aliphatic carboxylic acids is 2. The van der Waals surface area contributed by atoms with Crippen molar-refractivity contribution in [3.8, 4) is 11.1 Å². The van der Waals surface area contributed by atoms with E-state index in [0.717, 1.165) is 11.3 Å². The molecule has 0 heterocycles. The summed E-state index contributed by atoms with van der Waals surface area (Å²) in [4.78, 5) is 30.3. The van der Waals surface area contributed by atoms with E-state index >= 15 is 0 Å². The fourth-order valence-electron chi connectivity index (χ4n) is 2.69. The zero-order chi connectivity index (χ0) is 22.6. The molecule has 0 fully saturated rings. The monoisotopic (exact) mass is 420 g/mol. The number of hydrogen-bond acceptors (Lipinski definition) is 4. The zero-order valence-corrected chi connectivity index (χ0v) is 17.0. The number of rotatable bonds is 6. The topological polar surface area (TPSA) is 116 Å². The number of nitrogens with one attached hydrogen (secondary N) is 2. The highest BCUT2D eigenvalue weighted by Crippen LogP contribution is 2.21. The Kier molecular flexibility index (Phi) is 8.94. The lowest BCUT2D eigenvalue weighted by atomic mass is 10.1. The first-order valence-electron chi connectivity index (χ1n) is 9.56. The van der Waals surface area contributed by atoms with Gasteiger partial charge in [-0.05, 0) is 35.7 Å². The highest BCUT2D eigenvalue weighted by atomic mass is 16.4. The fraction of sp³-hybridized carbons (Fsp3) is 0.125. The Bertz CT molecular complexity index is 977. The molecule has 0 aliphatic heterocycles. The van der Waals surface area contributed by atoms with Gasteiger partial charge in [0.15, 0.2) is 0 Å². The zero-order valence-electron chi connectivity index (χ0n) is 17.0. The Labute approximate surface area is 180 Å². The summed E-state index contributed by atoms with van der Waals surface area (Å²) in [5, 5.41) is 21.0. The highest BCUT2D eigenvalue weighted by molar-refractivity contribution is 6.27. The molecule has 7 heteroatoms. The number of amides is 1. The molecule has 0 bridgehead atoms. The molecular weight excluding hydrogens is 396 g/mol. The van der Waals surface area contributed by atoms with Crippen LogP contribution >= 0.6 is 0 Å². The average molecular weight is 420 g/mol. The van der Waals surface area contributed by atoms with E-state index in [9.17, 15) is 4.79 Å². The molecule has 31 heavy (non-hydrogen) atoms. The second kappa shape index (κ2) is 11.9. The van der Waals surface area contributed by atoms with Crippen molar-refractivity contribution in [1.82, 2.24) is 5.32 Å². The normalized spacial score (nSPS) is 10.9. The highest BCUT2D eigenvalue weighted by Gasteiger charge is 2.08. The molecule has 160 valence electrons. The van der Waals surface area contributed by atoms with Crippen LogP contribution in [0.2, 0.25) is 0 Å². The molecule has 0 saturated heterocycles. The standard InChI is InChI=1S/C22H22N2O.C2H2O4/c1-17(18-8-4-2-5-9-18)23-16-22(25)24-21-14-12-20(13-15-21)19-10-6-3-7-11-19;3-1(4)2(5)6/h2-15,17,23H,16H2,1H3,(H,24,25);(H,3,4)(H,5,6). The van der Waals surface area contributed by atoms with Crippen LogP contribution in [0.25, 0.3) is 11.1 Å². The predicted octanol–water partition coefficient (Wildman–Crippen LogP) is 3.80. The van der Waals surface area contributed by atoms with Crippen LogP contribution in [0.5, 0.6) is 0 Å². The van der Waals surface area contributed by atoms with Gasteiger partial charge in [0.1, 0.15) is 0 Å². The smallest absolute Gasteiger partial charge is 0.414 e. The van der Waals surface area contributed by atoms with Crippen LogP contribution in [-0.2, 0) is 14.4 Å². The van der Waals surface area contributed by atoms with E-state index in [2.05, 4.69) is 41.8 Å². The molecular formula is C24H24N2O5. The van der Waals surface area contributed by atoms with Crippen LogP contribution in [0, 0.1) is 0 Å². The first kappa shape index (κ1) is 23.3. The van der Waals surface area contributed by atoms with Gasteiger partial charge in [-0.15, -0.1) is 0 Å². The fourth-order valence-corrected chi connectivity index (χ4v) is 2.69. The van der Waals surface area contributed by atoms with Crippen molar-refractivity contribution >= 4 is 23.5 Å². The second-order valence-electron chi connectivity index (χ2n) is 6.62. The molecule has 1 atom stereocenters. The number of carboxylic acid groups (broad SMARTS) is 2. The van der Waals surface area contributed by atoms with Gasteiger partial charge in [-0.25, -0.2) is 9.59 Å². The summed E-state index contributed by atoms with van der Waals surface area (Å²) in [5.41, 5.74) is 4.27.